The third-order valence-electron chi connectivity index (χ3n) is 10.4. The minimum atomic E-state index is -1.40. The third kappa shape index (κ3) is 2.39. The number of rotatable bonds is 5. The molecule has 0 radical (unpaired) electrons. The molecular formula is C29H32N2O5. The molecule has 1 aromatic carbocycles. The van der Waals surface area contributed by atoms with Crippen molar-refractivity contribution in [2.75, 3.05) is 20.1 Å². The topological polar surface area (TPSA) is 86.4 Å². The summed E-state index contributed by atoms with van der Waals surface area (Å²) in [5.41, 5.74) is 1.60. The summed E-state index contributed by atoms with van der Waals surface area (Å²) in [4.78, 5) is 18.3. The highest BCUT2D eigenvalue weighted by Crippen LogP contribution is 2.74. The number of ether oxygens (including phenoxy) is 1. The fourth-order valence-corrected chi connectivity index (χ4v) is 8.73. The van der Waals surface area contributed by atoms with Crippen LogP contribution >= 0.6 is 0 Å². The van der Waals surface area contributed by atoms with Crippen molar-refractivity contribution in [2.24, 2.45) is 11.3 Å². The minimum absolute atomic E-state index is 0.138. The maximum Gasteiger partial charge on any atom is 0.252 e. The van der Waals surface area contributed by atoms with Gasteiger partial charge in [0.2, 0.25) is 0 Å². The average Bonchev–Trinajstić information content (AvgIpc) is 3.38. The largest absolute Gasteiger partial charge is 0.504 e. The second-order valence-electron chi connectivity index (χ2n) is 12.1. The van der Waals surface area contributed by atoms with E-state index in [1.165, 1.54) is 18.4 Å². The number of nitrogens with zero attached hydrogens (tertiary/aromatic N) is 2. The molecule has 36 heavy (non-hydrogen) atoms. The summed E-state index contributed by atoms with van der Waals surface area (Å²) in [5, 5.41) is 23.2. The van der Waals surface area contributed by atoms with E-state index in [1.54, 1.807) is 30.5 Å². The van der Waals surface area contributed by atoms with Crippen LogP contribution in [0.4, 0.5) is 0 Å². The molecule has 2 aromatic rings. The number of carbonyl (C=O) groups excluding carboxylic acids is 1. The van der Waals surface area contributed by atoms with Gasteiger partial charge in [-0.1, -0.05) is 12.1 Å². The molecule has 7 nitrogen and oxygen atoms in total. The number of hydrogen-bond donors (Lipinski definition) is 2. The molecule has 2 aliphatic heterocycles. The van der Waals surface area contributed by atoms with E-state index in [0.29, 0.717) is 24.3 Å². The molecule has 1 aromatic heterocycles. The lowest BCUT2D eigenvalue weighted by Crippen LogP contribution is -2.78. The zero-order valence-electron chi connectivity index (χ0n) is 20.6. The summed E-state index contributed by atoms with van der Waals surface area (Å²) in [6.07, 6.45) is 10.5. The van der Waals surface area contributed by atoms with Crippen LogP contribution in [0.5, 0.6) is 11.5 Å². The van der Waals surface area contributed by atoms with Gasteiger partial charge in [0.1, 0.15) is 11.7 Å². The Morgan fingerprint density at radius 1 is 1.22 bits per heavy atom. The SMILES string of the molecule is CN(Cc1ccoc1)C(=O)C1=C[C@@]23CC[C@]1(O)[C@@H]1Oc4c(O)ccc5c4[C@@]12CCN(CC1CC1)[C@@H]3C5. The lowest BCUT2D eigenvalue weighted by Gasteiger charge is -2.70. The van der Waals surface area contributed by atoms with E-state index >= 15 is 0 Å². The molecule has 3 fully saturated rings. The Hall–Kier alpha value is -2.77. The van der Waals surface area contributed by atoms with E-state index in [1.807, 2.05) is 6.07 Å². The van der Waals surface area contributed by atoms with Gasteiger partial charge in [0.25, 0.3) is 5.91 Å². The van der Waals surface area contributed by atoms with Crippen LogP contribution in [0.2, 0.25) is 0 Å². The number of piperidine rings is 1. The molecule has 2 saturated carbocycles. The van der Waals surface area contributed by atoms with E-state index < -0.39 is 17.1 Å². The number of hydrogen-bond acceptors (Lipinski definition) is 6. The average molecular weight is 489 g/mol. The molecule has 2 N–H and O–H groups in total. The van der Waals surface area contributed by atoms with Gasteiger partial charge in [-0.2, -0.15) is 0 Å². The van der Waals surface area contributed by atoms with Gasteiger partial charge < -0.3 is 24.3 Å². The Morgan fingerprint density at radius 2 is 2.08 bits per heavy atom. The molecule has 5 aliphatic carbocycles. The monoisotopic (exact) mass is 488 g/mol. The third-order valence-corrected chi connectivity index (χ3v) is 10.4. The van der Waals surface area contributed by atoms with Crippen LogP contribution in [0.25, 0.3) is 0 Å². The van der Waals surface area contributed by atoms with E-state index in [2.05, 4.69) is 17.0 Å². The number of likely N-dealkylation sites (N-methyl/N-ethyl adjacent to an activating group) is 1. The number of phenols is 1. The zero-order valence-corrected chi connectivity index (χ0v) is 20.6. The van der Waals surface area contributed by atoms with E-state index in [-0.39, 0.29) is 23.1 Å². The Morgan fingerprint density at radius 3 is 2.86 bits per heavy atom. The number of aromatic hydroxyl groups is 1. The summed E-state index contributed by atoms with van der Waals surface area (Å²) in [7, 11) is 1.78. The molecule has 2 spiro atoms. The summed E-state index contributed by atoms with van der Waals surface area (Å²) < 4.78 is 11.8. The van der Waals surface area contributed by atoms with Gasteiger partial charge in [-0.15, -0.1) is 0 Å². The molecule has 7 heteroatoms. The number of furan rings is 1. The number of fused-ring (bicyclic) bond motifs is 1. The first-order chi connectivity index (χ1) is 17.4. The molecule has 0 unspecified atom stereocenters. The molecule has 5 atom stereocenters. The molecular weight excluding hydrogens is 456 g/mol. The van der Waals surface area contributed by atoms with Gasteiger partial charge >= 0.3 is 0 Å². The van der Waals surface area contributed by atoms with Crippen molar-refractivity contribution in [1.29, 1.82) is 0 Å². The number of likely N-dealkylation sites (tertiary alicyclic amines) is 1. The summed E-state index contributed by atoms with van der Waals surface area (Å²) in [6, 6.07) is 5.91. The molecule has 4 bridgehead atoms. The number of phenolic OH excluding ortho intramolecular Hbond substituents is 1. The maximum absolute atomic E-state index is 14.0. The minimum Gasteiger partial charge on any atom is -0.504 e. The van der Waals surface area contributed by atoms with Crippen LogP contribution in [0.3, 0.4) is 0 Å². The van der Waals surface area contributed by atoms with Gasteiger partial charge in [0.05, 0.1) is 17.9 Å². The van der Waals surface area contributed by atoms with Gasteiger partial charge in [0, 0.05) is 48.3 Å². The molecule has 9 rings (SSSR count). The number of benzene rings is 1. The van der Waals surface area contributed by atoms with Gasteiger partial charge in [-0.25, -0.2) is 0 Å². The first-order valence-electron chi connectivity index (χ1n) is 13.4. The highest BCUT2D eigenvalue weighted by molar-refractivity contribution is 5.97. The Balaban J connectivity index is 1.30. The van der Waals surface area contributed by atoms with Crippen molar-refractivity contribution >= 4 is 5.91 Å². The maximum atomic E-state index is 14.0. The van der Waals surface area contributed by atoms with Gasteiger partial charge in [-0.05, 0) is 68.7 Å². The fourth-order valence-electron chi connectivity index (χ4n) is 8.73. The second-order valence-corrected chi connectivity index (χ2v) is 12.1. The van der Waals surface area contributed by atoms with E-state index in [9.17, 15) is 15.0 Å². The van der Waals surface area contributed by atoms with Crippen molar-refractivity contribution in [3.05, 3.63) is 59.1 Å². The summed E-state index contributed by atoms with van der Waals surface area (Å²) in [5.74, 6) is 1.29. The van der Waals surface area contributed by atoms with E-state index in [0.717, 1.165) is 49.4 Å². The first kappa shape index (κ1) is 21.3. The molecule has 1 amide bonds. The van der Waals surface area contributed by atoms with Crippen molar-refractivity contribution in [3.8, 4) is 11.5 Å². The second kappa shape index (κ2) is 6.75. The highest BCUT2D eigenvalue weighted by Gasteiger charge is 2.78. The Kier molecular flexibility index (Phi) is 4.00. The Labute approximate surface area is 210 Å². The lowest BCUT2D eigenvalue weighted by atomic mass is 9.38. The number of carbonyl (C=O) groups is 1. The highest BCUT2D eigenvalue weighted by atomic mass is 16.5. The predicted octanol–water partition coefficient (Wildman–Crippen LogP) is 3.13. The van der Waals surface area contributed by atoms with Crippen LogP contribution in [-0.4, -0.2) is 63.8 Å². The zero-order chi connectivity index (χ0) is 24.4. The smallest absolute Gasteiger partial charge is 0.252 e. The summed E-state index contributed by atoms with van der Waals surface area (Å²) in [6.45, 7) is 2.48. The molecule has 188 valence electrons. The van der Waals surface area contributed by atoms with Crippen molar-refractivity contribution in [1.82, 2.24) is 9.80 Å². The quantitative estimate of drug-likeness (QED) is 0.673. The van der Waals surface area contributed by atoms with Crippen molar-refractivity contribution < 1.29 is 24.2 Å². The fraction of sp³-hybridized carbons (Fsp3) is 0.552. The van der Waals surface area contributed by atoms with Gasteiger partial charge in [-0.3, -0.25) is 9.69 Å². The summed E-state index contributed by atoms with van der Waals surface area (Å²) >= 11 is 0. The van der Waals surface area contributed by atoms with Crippen LogP contribution < -0.4 is 4.74 Å². The normalized spacial score (nSPS) is 37.3. The van der Waals surface area contributed by atoms with Crippen molar-refractivity contribution in [3.63, 3.8) is 0 Å². The molecule has 1 saturated heterocycles. The van der Waals surface area contributed by atoms with Crippen LogP contribution in [-0.2, 0) is 23.2 Å². The number of aliphatic hydroxyl groups is 1. The predicted molar refractivity (Wildman–Crippen MR) is 130 cm³/mol. The number of amides is 1. The Bertz CT molecular complexity index is 1320. The van der Waals surface area contributed by atoms with Crippen molar-refractivity contribution in [2.45, 2.75) is 68.2 Å². The first-order valence-corrected chi connectivity index (χ1v) is 13.4. The molecule has 7 aliphatic rings. The van der Waals surface area contributed by atoms with Gasteiger partial charge in [0.15, 0.2) is 11.5 Å². The van der Waals surface area contributed by atoms with Crippen LogP contribution in [0.15, 0.2) is 46.8 Å². The van der Waals surface area contributed by atoms with E-state index in [4.69, 9.17) is 9.15 Å². The van der Waals surface area contributed by atoms with Crippen LogP contribution in [0.1, 0.15) is 48.8 Å². The van der Waals surface area contributed by atoms with Crippen LogP contribution in [0, 0.1) is 11.3 Å². The molecule has 3 heterocycles. The standard InChI is InChI=1S/C29H32N2O5/c1-30(14-18-6-11-35-16-18)25(33)20-13-27-7-8-29(20,34)26-28(27)9-10-31(15-17-2-3-17)22(27)12-19-4-5-21(32)24(36-26)23(19)28/h4-6,11,13,16-17,22,26,32,34H,2-3,7-10,12,14-15H2,1H3/t22-,26-,27-,28+,29-/m1/s1. The lowest BCUT2D eigenvalue weighted by molar-refractivity contribution is -0.188.